The topological polar surface area (TPSA) is 45.2 Å². The molecular formula is C22H22BrN3O. The van der Waals surface area contributed by atoms with Crippen LogP contribution in [0.1, 0.15) is 35.2 Å². The molecule has 1 saturated heterocycles. The lowest BCUT2D eigenvalue weighted by Gasteiger charge is -2.28. The molecule has 2 heterocycles. The van der Waals surface area contributed by atoms with Gasteiger partial charge in [-0.15, -0.1) is 0 Å². The van der Waals surface area contributed by atoms with Crippen LogP contribution in [0.15, 0.2) is 53.0 Å². The molecule has 5 heteroatoms. The van der Waals surface area contributed by atoms with Crippen molar-refractivity contribution in [2.45, 2.75) is 26.2 Å². The van der Waals surface area contributed by atoms with Crippen LogP contribution in [-0.4, -0.2) is 24.0 Å². The van der Waals surface area contributed by atoms with Gasteiger partial charge in [-0.2, -0.15) is 0 Å². The van der Waals surface area contributed by atoms with Gasteiger partial charge in [0.2, 0.25) is 0 Å². The molecular weight excluding hydrogens is 402 g/mol. The molecule has 0 aliphatic carbocycles. The Kier molecular flexibility index (Phi) is 5.12. The first-order valence-electron chi connectivity index (χ1n) is 9.33. The summed E-state index contributed by atoms with van der Waals surface area (Å²) in [5, 5.41) is 4.06. The molecule has 1 amide bonds. The molecule has 1 N–H and O–H groups in total. The van der Waals surface area contributed by atoms with Crippen LogP contribution in [0.4, 0.5) is 11.5 Å². The maximum Gasteiger partial charge on any atom is 0.255 e. The van der Waals surface area contributed by atoms with Crippen LogP contribution in [0, 0.1) is 6.92 Å². The van der Waals surface area contributed by atoms with E-state index in [0.29, 0.717) is 5.56 Å². The number of amides is 1. The smallest absolute Gasteiger partial charge is 0.255 e. The lowest BCUT2D eigenvalue weighted by molar-refractivity contribution is 0.102. The fourth-order valence-corrected chi connectivity index (χ4v) is 3.97. The first-order chi connectivity index (χ1) is 13.1. The number of nitrogens with zero attached hydrogens (tertiary/aromatic N) is 2. The van der Waals surface area contributed by atoms with Gasteiger partial charge in [0, 0.05) is 34.2 Å². The first-order valence-corrected chi connectivity index (χ1v) is 10.1. The van der Waals surface area contributed by atoms with Gasteiger partial charge in [-0.25, -0.2) is 4.98 Å². The largest absolute Gasteiger partial charge is 0.357 e. The highest BCUT2D eigenvalue weighted by Gasteiger charge is 2.14. The predicted octanol–water partition coefficient (Wildman–Crippen LogP) is 5.55. The number of fused-ring (bicyclic) bond motifs is 1. The van der Waals surface area contributed by atoms with Crippen molar-refractivity contribution >= 4 is 44.2 Å². The number of pyridine rings is 1. The standard InChI is InChI=1S/C22H22BrN3O/c1-15-12-21(26-10-3-2-4-11-26)25-20-9-8-18(14-19(15)20)24-22(27)16-6-5-7-17(23)13-16/h5-9,12-14H,2-4,10-11H2,1H3,(H,24,27). The Morgan fingerprint density at radius 3 is 2.67 bits per heavy atom. The molecule has 27 heavy (non-hydrogen) atoms. The zero-order chi connectivity index (χ0) is 18.8. The van der Waals surface area contributed by atoms with Crippen molar-refractivity contribution in [2.75, 3.05) is 23.3 Å². The summed E-state index contributed by atoms with van der Waals surface area (Å²) in [5.74, 6) is 0.942. The van der Waals surface area contributed by atoms with Gasteiger partial charge in [-0.05, 0) is 74.2 Å². The highest BCUT2D eigenvalue weighted by molar-refractivity contribution is 9.10. The van der Waals surface area contributed by atoms with E-state index in [1.807, 2.05) is 36.4 Å². The van der Waals surface area contributed by atoms with Crippen LogP contribution in [0.5, 0.6) is 0 Å². The average molecular weight is 424 g/mol. The summed E-state index contributed by atoms with van der Waals surface area (Å²) in [5.41, 5.74) is 3.55. The number of nitrogens with one attached hydrogen (secondary N) is 1. The van der Waals surface area contributed by atoms with Crippen LogP contribution in [0.25, 0.3) is 10.9 Å². The normalized spacial score (nSPS) is 14.4. The van der Waals surface area contributed by atoms with E-state index in [-0.39, 0.29) is 5.91 Å². The highest BCUT2D eigenvalue weighted by atomic mass is 79.9. The summed E-state index contributed by atoms with van der Waals surface area (Å²) >= 11 is 3.41. The Balaban J connectivity index is 1.60. The number of hydrogen-bond donors (Lipinski definition) is 1. The van der Waals surface area contributed by atoms with Crippen molar-refractivity contribution in [1.82, 2.24) is 4.98 Å². The van der Waals surface area contributed by atoms with E-state index in [1.54, 1.807) is 6.07 Å². The second-order valence-corrected chi connectivity index (χ2v) is 7.96. The Hall–Kier alpha value is -2.40. The van der Waals surface area contributed by atoms with E-state index >= 15 is 0 Å². The second kappa shape index (κ2) is 7.69. The van der Waals surface area contributed by atoms with E-state index in [1.165, 1.54) is 24.8 Å². The van der Waals surface area contributed by atoms with Crippen molar-refractivity contribution in [3.05, 3.63) is 64.1 Å². The van der Waals surface area contributed by atoms with Gasteiger partial charge < -0.3 is 10.2 Å². The van der Waals surface area contributed by atoms with Crippen molar-refractivity contribution in [3.8, 4) is 0 Å². The van der Waals surface area contributed by atoms with Crippen LogP contribution in [0.3, 0.4) is 0 Å². The van der Waals surface area contributed by atoms with Crippen LogP contribution in [-0.2, 0) is 0 Å². The van der Waals surface area contributed by atoms with Gasteiger partial charge in [0.15, 0.2) is 0 Å². The molecule has 4 nitrogen and oxygen atoms in total. The van der Waals surface area contributed by atoms with Gasteiger partial charge in [0.1, 0.15) is 5.82 Å². The van der Waals surface area contributed by atoms with Crippen molar-refractivity contribution in [2.24, 2.45) is 0 Å². The molecule has 0 saturated carbocycles. The Labute approximate surface area is 167 Å². The van der Waals surface area contributed by atoms with E-state index < -0.39 is 0 Å². The van der Waals surface area contributed by atoms with Crippen LogP contribution < -0.4 is 10.2 Å². The quantitative estimate of drug-likeness (QED) is 0.600. The zero-order valence-corrected chi connectivity index (χ0v) is 16.9. The Morgan fingerprint density at radius 2 is 1.89 bits per heavy atom. The number of benzene rings is 2. The molecule has 4 rings (SSSR count). The highest BCUT2D eigenvalue weighted by Crippen LogP contribution is 2.27. The number of aryl methyl sites for hydroxylation is 1. The predicted molar refractivity (Wildman–Crippen MR) is 115 cm³/mol. The number of carbonyl (C=O) groups excluding carboxylic acids is 1. The molecule has 0 atom stereocenters. The monoisotopic (exact) mass is 423 g/mol. The number of aromatic nitrogens is 1. The maximum absolute atomic E-state index is 12.5. The second-order valence-electron chi connectivity index (χ2n) is 7.04. The fourth-order valence-electron chi connectivity index (χ4n) is 3.57. The minimum Gasteiger partial charge on any atom is -0.357 e. The fraction of sp³-hybridized carbons (Fsp3) is 0.273. The van der Waals surface area contributed by atoms with Crippen molar-refractivity contribution < 1.29 is 4.79 Å². The average Bonchev–Trinajstić information content (AvgIpc) is 2.69. The Bertz CT molecular complexity index is 996. The van der Waals surface area contributed by atoms with Gasteiger partial charge in [-0.3, -0.25) is 4.79 Å². The number of anilines is 2. The van der Waals surface area contributed by atoms with Gasteiger partial charge in [-0.1, -0.05) is 22.0 Å². The third kappa shape index (κ3) is 3.98. The van der Waals surface area contributed by atoms with Gasteiger partial charge in [0.25, 0.3) is 5.91 Å². The van der Waals surface area contributed by atoms with E-state index in [9.17, 15) is 4.79 Å². The molecule has 2 aromatic carbocycles. The third-order valence-corrected chi connectivity index (χ3v) is 5.52. The first kappa shape index (κ1) is 18.0. The summed E-state index contributed by atoms with van der Waals surface area (Å²) in [7, 11) is 0. The number of piperidine rings is 1. The van der Waals surface area contributed by atoms with Crippen LogP contribution >= 0.6 is 15.9 Å². The molecule has 1 aromatic heterocycles. The molecule has 1 aliphatic heterocycles. The van der Waals surface area contributed by atoms with Crippen molar-refractivity contribution in [3.63, 3.8) is 0 Å². The molecule has 1 fully saturated rings. The van der Waals surface area contributed by atoms with E-state index in [0.717, 1.165) is 40.0 Å². The van der Waals surface area contributed by atoms with Crippen LogP contribution in [0.2, 0.25) is 0 Å². The lowest BCUT2D eigenvalue weighted by atomic mass is 10.1. The summed E-state index contributed by atoms with van der Waals surface area (Å²) < 4.78 is 0.888. The molecule has 1 aliphatic rings. The van der Waals surface area contributed by atoms with E-state index in [2.05, 4.69) is 39.1 Å². The zero-order valence-electron chi connectivity index (χ0n) is 15.3. The SMILES string of the molecule is Cc1cc(N2CCCCC2)nc2ccc(NC(=O)c3cccc(Br)c3)cc12. The summed E-state index contributed by atoms with van der Waals surface area (Å²) in [6.07, 6.45) is 3.78. The molecule has 0 radical (unpaired) electrons. The van der Waals surface area contributed by atoms with Crippen molar-refractivity contribution in [1.29, 1.82) is 0 Å². The minimum atomic E-state index is -0.119. The van der Waals surface area contributed by atoms with Gasteiger partial charge in [0.05, 0.1) is 5.52 Å². The summed E-state index contributed by atoms with van der Waals surface area (Å²) in [6, 6.07) is 15.5. The minimum absolute atomic E-state index is 0.119. The molecule has 0 spiro atoms. The number of hydrogen-bond acceptors (Lipinski definition) is 3. The molecule has 3 aromatic rings. The molecule has 0 unspecified atom stereocenters. The summed E-state index contributed by atoms with van der Waals surface area (Å²) in [4.78, 5) is 19.7. The molecule has 0 bridgehead atoms. The number of carbonyl (C=O) groups is 1. The summed E-state index contributed by atoms with van der Waals surface area (Å²) in [6.45, 7) is 4.27. The van der Waals surface area contributed by atoms with E-state index in [4.69, 9.17) is 4.98 Å². The lowest BCUT2D eigenvalue weighted by Crippen LogP contribution is -2.30. The third-order valence-electron chi connectivity index (χ3n) is 5.03. The van der Waals surface area contributed by atoms with Gasteiger partial charge >= 0.3 is 0 Å². The molecule has 138 valence electrons. The number of rotatable bonds is 3. The number of halogens is 1. The maximum atomic E-state index is 12.5. The Morgan fingerprint density at radius 1 is 1.07 bits per heavy atom.